The van der Waals surface area contributed by atoms with E-state index in [-0.39, 0.29) is 0 Å². The zero-order chi connectivity index (χ0) is 18.5. The van der Waals surface area contributed by atoms with Crippen LogP contribution in [0.25, 0.3) is 11.3 Å². The van der Waals surface area contributed by atoms with Gasteiger partial charge in [-0.15, -0.1) is 0 Å². The Morgan fingerprint density at radius 1 is 1.08 bits per heavy atom. The molecule has 0 fully saturated rings. The summed E-state index contributed by atoms with van der Waals surface area (Å²) in [4.78, 5) is 21.9. The van der Waals surface area contributed by atoms with Gasteiger partial charge in [0.15, 0.2) is 0 Å². The molecule has 2 aromatic carbocycles. The van der Waals surface area contributed by atoms with Crippen molar-refractivity contribution in [2.45, 2.75) is 6.54 Å². The van der Waals surface area contributed by atoms with Crippen molar-refractivity contribution >= 4 is 17.4 Å². The van der Waals surface area contributed by atoms with E-state index in [1.54, 1.807) is 24.3 Å². The number of nitrogens with zero attached hydrogens (tertiary/aromatic N) is 3. The van der Waals surface area contributed by atoms with E-state index in [0.29, 0.717) is 11.4 Å². The van der Waals surface area contributed by atoms with Gasteiger partial charge in [-0.25, -0.2) is 9.97 Å². The lowest BCUT2D eigenvalue weighted by Crippen LogP contribution is -2.10. The van der Waals surface area contributed by atoms with Crippen LogP contribution in [0.1, 0.15) is 15.9 Å². The highest BCUT2D eigenvalue weighted by molar-refractivity contribution is 5.93. The number of carbonyl (C=O) groups is 1. The van der Waals surface area contributed by atoms with Gasteiger partial charge < -0.3 is 16.0 Å². The molecule has 132 valence electrons. The first-order valence-corrected chi connectivity index (χ1v) is 8.24. The second kappa shape index (κ2) is 7.76. The number of hydrogen-bond acceptors (Lipinski definition) is 5. The summed E-state index contributed by atoms with van der Waals surface area (Å²) < 4.78 is 0. The quantitative estimate of drug-likeness (QED) is 0.716. The molecule has 0 saturated carbocycles. The molecule has 0 bridgehead atoms. The van der Waals surface area contributed by atoms with Crippen molar-refractivity contribution < 1.29 is 4.79 Å². The minimum atomic E-state index is -0.446. The lowest BCUT2D eigenvalue weighted by atomic mass is 10.1. The second-order valence-corrected chi connectivity index (χ2v) is 6.29. The molecule has 0 unspecified atom stereocenters. The Morgan fingerprint density at radius 2 is 1.85 bits per heavy atom. The fourth-order valence-electron chi connectivity index (χ4n) is 2.64. The number of aromatic nitrogens is 2. The van der Waals surface area contributed by atoms with Gasteiger partial charge in [0.25, 0.3) is 0 Å². The molecular weight excluding hydrogens is 326 g/mol. The Balaban J connectivity index is 1.81. The number of rotatable bonds is 6. The van der Waals surface area contributed by atoms with Crippen LogP contribution in [0.4, 0.5) is 11.5 Å². The predicted molar refractivity (Wildman–Crippen MR) is 103 cm³/mol. The van der Waals surface area contributed by atoms with Crippen LogP contribution in [0.15, 0.2) is 60.9 Å². The highest BCUT2D eigenvalue weighted by Gasteiger charge is 2.05. The first-order chi connectivity index (χ1) is 12.5. The third-order valence-corrected chi connectivity index (χ3v) is 3.83. The van der Waals surface area contributed by atoms with Crippen molar-refractivity contribution in [3.8, 4) is 11.3 Å². The molecule has 6 nitrogen and oxygen atoms in total. The van der Waals surface area contributed by atoms with Crippen LogP contribution in [-0.2, 0) is 6.54 Å². The molecule has 1 heterocycles. The Hall–Kier alpha value is -3.25. The maximum absolute atomic E-state index is 11.1. The Bertz CT molecular complexity index is 906. The van der Waals surface area contributed by atoms with Crippen LogP contribution in [0.5, 0.6) is 0 Å². The number of nitrogens with two attached hydrogens (primary N) is 1. The number of primary amides is 1. The summed E-state index contributed by atoms with van der Waals surface area (Å²) in [6, 6.07) is 17.1. The van der Waals surface area contributed by atoms with E-state index in [1.807, 2.05) is 32.3 Å². The Kier molecular flexibility index (Phi) is 5.24. The molecule has 3 aromatic rings. The maximum atomic E-state index is 11.1. The molecule has 1 aromatic heterocycles. The molecule has 3 rings (SSSR count). The van der Waals surface area contributed by atoms with Crippen LogP contribution in [0, 0.1) is 0 Å². The van der Waals surface area contributed by atoms with E-state index in [9.17, 15) is 4.79 Å². The van der Waals surface area contributed by atoms with E-state index >= 15 is 0 Å². The van der Waals surface area contributed by atoms with Crippen LogP contribution in [-0.4, -0.2) is 34.9 Å². The summed E-state index contributed by atoms with van der Waals surface area (Å²) >= 11 is 0. The average molecular weight is 347 g/mol. The van der Waals surface area contributed by atoms with Crippen molar-refractivity contribution in [2.75, 3.05) is 19.4 Å². The smallest absolute Gasteiger partial charge is 0.248 e. The summed E-state index contributed by atoms with van der Waals surface area (Å²) in [5, 5.41) is 3.22. The number of amides is 1. The molecule has 26 heavy (non-hydrogen) atoms. The monoisotopic (exact) mass is 347 g/mol. The predicted octanol–water partition coefficient (Wildman–Crippen LogP) is 3.05. The zero-order valence-electron chi connectivity index (χ0n) is 14.8. The molecule has 0 aliphatic rings. The van der Waals surface area contributed by atoms with Gasteiger partial charge in [0, 0.05) is 29.4 Å². The highest BCUT2D eigenvalue weighted by atomic mass is 16.1. The van der Waals surface area contributed by atoms with Crippen LogP contribution in [0.2, 0.25) is 0 Å². The molecule has 6 heteroatoms. The summed E-state index contributed by atoms with van der Waals surface area (Å²) in [5.41, 5.74) is 9.66. The van der Waals surface area contributed by atoms with Gasteiger partial charge >= 0.3 is 0 Å². The van der Waals surface area contributed by atoms with Crippen molar-refractivity contribution in [1.29, 1.82) is 0 Å². The van der Waals surface area contributed by atoms with Crippen LogP contribution in [0.3, 0.4) is 0 Å². The SMILES string of the molecule is CN(C)Cc1cccc(-c2cc(Nc3ccc(C(N)=O)cc3)ncn2)c1. The van der Waals surface area contributed by atoms with E-state index in [0.717, 1.165) is 23.5 Å². The fourth-order valence-corrected chi connectivity index (χ4v) is 2.64. The highest BCUT2D eigenvalue weighted by Crippen LogP contribution is 2.22. The largest absolute Gasteiger partial charge is 0.366 e. The first-order valence-electron chi connectivity index (χ1n) is 8.24. The van der Waals surface area contributed by atoms with Gasteiger partial charge in [0.05, 0.1) is 5.69 Å². The van der Waals surface area contributed by atoms with Crippen LogP contribution < -0.4 is 11.1 Å². The number of nitrogens with one attached hydrogen (secondary N) is 1. The van der Waals surface area contributed by atoms with Crippen molar-refractivity contribution in [3.05, 3.63) is 72.1 Å². The topological polar surface area (TPSA) is 84.1 Å². The minimum Gasteiger partial charge on any atom is -0.366 e. The van der Waals surface area contributed by atoms with Crippen LogP contribution >= 0.6 is 0 Å². The minimum absolute atomic E-state index is 0.446. The van der Waals surface area contributed by atoms with Gasteiger partial charge in [0.1, 0.15) is 12.1 Å². The van der Waals surface area contributed by atoms with Gasteiger partial charge in [-0.3, -0.25) is 4.79 Å². The Labute approximate surface area is 152 Å². The molecule has 0 spiro atoms. The van der Waals surface area contributed by atoms with Crippen molar-refractivity contribution in [3.63, 3.8) is 0 Å². The Morgan fingerprint density at radius 3 is 2.54 bits per heavy atom. The maximum Gasteiger partial charge on any atom is 0.248 e. The second-order valence-electron chi connectivity index (χ2n) is 6.29. The molecule has 1 amide bonds. The summed E-state index contributed by atoms with van der Waals surface area (Å²) in [6.07, 6.45) is 1.54. The third kappa shape index (κ3) is 4.43. The molecule has 0 atom stereocenters. The summed E-state index contributed by atoms with van der Waals surface area (Å²) in [5.74, 6) is 0.235. The van der Waals surface area contributed by atoms with Crippen molar-refractivity contribution in [2.24, 2.45) is 5.73 Å². The van der Waals surface area contributed by atoms with E-state index in [4.69, 9.17) is 5.73 Å². The lowest BCUT2D eigenvalue weighted by Gasteiger charge is -2.11. The molecule has 0 saturated heterocycles. The van der Waals surface area contributed by atoms with E-state index in [2.05, 4.69) is 32.3 Å². The lowest BCUT2D eigenvalue weighted by molar-refractivity contribution is 0.100. The van der Waals surface area contributed by atoms with E-state index < -0.39 is 5.91 Å². The number of anilines is 2. The zero-order valence-corrected chi connectivity index (χ0v) is 14.8. The van der Waals surface area contributed by atoms with Gasteiger partial charge in [-0.2, -0.15) is 0 Å². The number of benzene rings is 2. The average Bonchev–Trinajstić information content (AvgIpc) is 2.62. The summed E-state index contributed by atoms with van der Waals surface area (Å²) in [6.45, 7) is 0.871. The van der Waals surface area contributed by atoms with Gasteiger partial charge in [-0.1, -0.05) is 18.2 Å². The standard InChI is InChI=1S/C20H21N5O/c1-25(2)12-14-4-3-5-16(10-14)18-11-19(23-13-22-18)24-17-8-6-15(7-9-17)20(21)26/h3-11,13H,12H2,1-2H3,(H2,21,26)(H,22,23,24). The normalized spacial score (nSPS) is 10.7. The molecule has 0 aliphatic carbocycles. The third-order valence-electron chi connectivity index (χ3n) is 3.83. The number of hydrogen-bond donors (Lipinski definition) is 2. The molecule has 0 aliphatic heterocycles. The fraction of sp³-hybridized carbons (Fsp3) is 0.150. The van der Waals surface area contributed by atoms with Gasteiger partial charge in [0.2, 0.25) is 5.91 Å². The number of carbonyl (C=O) groups excluding carboxylic acids is 1. The molecule has 3 N–H and O–H groups in total. The van der Waals surface area contributed by atoms with E-state index in [1.165, 1.54) is 11.9 Å². The first kappa shape index (κ1) is 17.6. The molecular formula is C20H21N5O. The van der Waals surface area contributed by atoms with Crippen molar-refractivity contribution in [1.82, 2.24) is 14.9 Å². The molecule has 0 radical (unpaired) electrons. The summed E-state index contributed by atoms with van der Waals surface area (Å²) in [7, 11) is 4.09. The van der Waals surface area contributed by atoms with Gasteiger partial charge in [-0.05, 0) is 50.0 Å².